The third-order valence-corrected chi connectivity index (χ3v) is 5.43. The minimum Gasteiger partial charge on any atom is -0.241 e. The second kappa shape index (κ2) is 6.02. The zero-order valence-corrected chi connectivity index (χ0v) is 14.2. The molecule has 0 bridgehead atoms. The molecule has 1 nitrogen and oxygen atoms in total. The van der Waals surface area contributed by atoms with Crippen LogP contribution in [0.5, 0.6) is 0 Å². The molecular formula is C15H10BrCl2NS. The van der Waals surface area contributed by atoms with Gasteiger partial charge in [-0.2, -0.15) is 0 Å². The quantitative estimate of drug-likeness (QED) is 0.482. The van der Waals surface area contributed by atoms with E-state index < -0.39 is 0 Å². The lowest BCUT2D eigenvalue weighted by Gasteiger charge is -2.10. The molecule has 2 aromatic carbocycles. The first-order valence-electron chi connectivity index (χ1n) is 6.07. The molecule has 3 rings (SSSR count). The summed E-state index contributed by atoms with van der Waals surface area (Å²) in [6.07, 6.45) is 0.806. The van der Waals surface area contributed by atoms with E-state index >= 15 is 0 Å². The Hall–Kier alpha value is -0.610. The second-order valence-corrected chi connectivity index (χ2v) is 7.48. The molecule has 0 aliphatic rings. The van der Waals surface area contributed by atoms with Crippen LogP contribution in [0.15, 0.2) is 42.5 Å². The molecule has 1 atom stereocenters. The van der Waals surface area contributed by atoms with Gasteiger partial charge in [-0.3, -0.25) is 0 Å². The molecule has 0 radical (unpaired) electrons. The van der Waals surface area contributed by atoms with Crippen LogP contribution in [-0.4, -0.2) is 4.98 Å². The first-order valence-corrected chi connectivity index (χ1v) is 8.56. The van der Waals surface area contributed by atoms with Gasteiger partial charge >= 0.3 is 0 Å². The van der Waals surface area contributed by atoms with Gasteiger partial charge in [0.1, 0.15) is 0 Å². The SMILES string of the molecule is Clc1ccc(C(Br)Cc2nc3ccccc3s2)c(Cl)c1. The third-order valence-electron chi connectivity index (χ3n) is 2.99. The summed E-state index contributed by atoms with van der Waals surface area (Å²) in [5, 5.41) is 2.43. The smallest absolute Gasteiger partial charge is 0.0953 e. The van der Waals surface area contributed by atoms with E-state index in [0.717, 1.165) is 22.5 Å². The lowest BCUT2D eigenvalue weighted by molar-refractivity contribution is 0.939. The molecule has 0 saturated carbocycles. The molecule has 1 aromatic heterocycles. The van der Waals surface area contributed by atoms with Crippen LogP contribution in [0.25, 0.3) is 10.2 Å². The monoisotopic (exact) mass is 385 g/mol. The van der Waals surface area contributed by atoms with E-state index in [2.05, 4.69) is 27.0 Å². The Labute approximate surface area is 139 Å². The zero-order valence-electron chi connectivity index (χ0n) is 10.3. The van der Waals surface area contributed by atoms with E-state index in [9.17, 15) is 0 Å². The molecule has 102 valence electrons. The van der Waals surface area contributed by atoms with Crippen LogP contribution in [0.1, 0.15) is 15.4 Å². The first kappa shape index (κ1) is 14.3. The van der Waals surface area contributed by atoms with Crippen LogP contribution < -0.4 is 0 Å². The van der Waals surface area contributed by atoms with Crippen LogP contribution in [0.3, 0.4) is 0 Å². The number of rotatable bonds is 3. The van der Waals surface area contributed by atoms with Gasteiger partial charge in [-0.25, -0.2) is 4.98 Å². The molecule has 0 N–H and O–H groups in total. The Morgan fingerprint density at radius 1 is 1.15 bits per heavy atom. The number of para-hydroxylation sites is 1. The number of alkyl halides is 1. The van der Waals surface area contributed by atoms with Crippen LogP contribution in [0.4, 0.5) is 0 Å². The number of aromatic nitrogens is 1. The van der Waals surface area contributed by atoms with Crippen LogP contribution in [0, 0.1) is 0 Å². The van der Waals surface area contributed by atoms with Gasteiger partial charge in [0, 0.05) is 21.3 Å². The maximum absolute atomic E-state index is 6.24. The molecule has 5 heteroatoms. The highest BCUT2D eigenvalue weighted by atomic mass is 79.9. The van der Waals surface area contributed by atoms with Gasteiger partial charge in [0.25, 0.3) is 0 Å². The molecular weight excluding hydrogens is 377 g/mol. The topological polar surface area (TPSA) is 12.9 Å². The van der Waals surface area contributed by atoms with Gasteiger partial charge in [-0.05, 0) is 29.8 Å². The van der Waals surface area contributed by atoms with Gasteiger partial charge in [0.05, 0.1) is 15.2 Å². The molecule has 0 fully saturated rings. The van der Waals surface area contributed by atoms with Gasteiger partial charge < -0.3 is 0 Å². The van der Waals surface area contributed by atoms with Crippen LogP contribution in [0.2, 0.25) is 10.0 Å². The van der Waals surface area contributed by atoms with Crippen molar-refractivity contribution in [1.29, 1.82) is 0 Å². The van der Waals surface area contributed by atoms with Gasteiger partial charge in [-0.1, -0.05) is 57.3 Å². The summed E-state index contributed by atoms with van der Waals surface area (Å²) in [4.78, 5) is 4.78. The Bertz CT molecular complexity index is 723. The summed E-state index contributed by atoms with van der Waals surface area (Å²) in [6, 6.07) is 13.8. The summed E-state index contributed by atoms with van der Waals surface area (Å²) < 4.78 is 1.21. The van der Waals surface area contributed by atoms with E-state index in [-0.39, 0.29) is 4.83 Å². The molecule has 20 heavy (non-hydrogen) atoms. The Kier molecular flexibility index (Phi) is 4.32. The fourth-order valence-electron chi connectivity index (χ4n) is 2.03. The number of benzene rings is 2. The minimum absolute atomic E-state index is 0.132. The number of thiazole rings is 1. The van der Waals surface area contributed by atoms with Crippen molar-refractivity contribution >= 4 is 60.7 Å². The summed E-state index contributed by atoms with van der Waals surface area (Å²) in [6.45, 7) is 0. The summed E-state index contributed by atoms with van der Waals surface area (Å²) in [7, 11) is 0. The van der Waals surface area contributed by atoms with Crippen molar-refractivity contribution < 1.29 is 0 Å². The van der Waals surface area contributed by atoms with E-state index in [4.69, 9.17) is 23.2 Å². The molecule has 1 heterocycles. The first-order chi connectivity index (χ1) is 9.63. The van der Waals surface area contributed by atoms with Crippen LogP contribution in [-0.2, 0) is 6.42 Å². The van der Waals surface area contributed by atoms with Gasteiger partial charge in [0.15, 0.2) is 0 Å². The predicted octanol–water partition coefficient (Wildman–Crippen LogP) is 6.28. The summed E-state index contributed by atoms with van der Waals surface area (Å²) >= 11 is 17.6. The predicted molar refractivity (Wildman–Crippen MR) is 91.5 cm³/mol. The highest BCUT2D eigenvalue weighted by molar-refractivity contribution is 9.09. The van der Waals surface area contributed by atoms with Gasteiger partial charge in [-0.15, -0.1) is 11.3 Å². The second-order valence-electron chi connectivity index (χ2n) is 4.41. The van der Waals surface area contributed by atoms with Gasteiger partial charge in [0.2, 0.25) is 0 Å². The molecule has 1 unspecified atom stereocenters. The minimum atomic E-state index is 0.132. The summed E-state index contributed by atoms with van der Waals surface area (Å²) in [5.74, 6) is 0. The van der Waals surface area contributed by atoms with Crippen molar-refractivity contribution in [1.82, 2.24) is 4.98 Å². The largest absolute Gasteiger partial charge is 0.241 e. The van der Waals surface area contributed by atoms with E-state index in [1.165, 1.54) is 4.70 Å². The third kappa shape index (κ3) is 3.01. The maximum Gasteiger partial charge on any atom is 0.0953 e. The van der Waals surface area contributed by atoms with Crippen molar-refractivity contribution in [2.45, 2.75) is 11.2 Å². The Morgan fingerprint density at radius 3 is 2.70 bits per heavy atom. The maximum atomic E-state index is 6.24. The molecule has 0 spiro atoms. The van der Waals surface area contributed by atoms with Crippen molar-refractivity contribution in [3.05, 3.63) is 63.1 Å². The molecule has 3 aromatic rings. The molecule has 0 aliphatic carbocycles. The normalized spacial score (nSPS) is 12.8. The summed E-state index contributed by atoms with van der Waals surface area (Å²) in [5.41, 5.74) is 2.09. The highest BCUT2D eigenvalue weighted by Crippen LogP contribution is 2.35. The number of fused-ring (bicyclic) bond motifs is 1. The molecule has 0 aliphatic heterocycles. The van der Waals surface area contributed by atoms with Crippen molar-refractivity contribution in [3.63, 3.8) is 0 Å². The zero-order chi connectivity index (χ0) is 14.1. The van der Waals surface area contributed by atoms with Crippen molar-refractivity contribution in [3.8, 4) is 0 Å². The lowest BCUT2D eigenvalue weighted by atomic mass is 10.1. The lowest BCUT2D eigenvalue weighted by Crippen LogP contribution is -1.95. The number of nitrogens with zero attached hydrogens (tertiary/aromatic N) is 1. The number of halogens is 3. The van der Waals surface area contributed by atoms with Crippen molar-refractivity contribution in [2.75, 3.05) is 0 Å². The van der Waals surface area contributed by atoms with Crippen LogP contribution >= 0.6 is 50.5 Å². The van der Waals surface area contributed by atoms with Crippen molar-refractivity contribution in [2.24, 2.45) is 0 Å². The fourth-order valence-corrected chi connectivity index (χ4v) is 4.63. The number of hydrogen-bond acceptors (Lipinski definition) is 2. The van der Waals surface area contributed by atoms with E-state index in [1.54, 1.807) is 17.4 Å². The fraction of sp³-hybridized carbons (Fsp3) is 0.133. The standard InChI is InChI=1S/C15H10BrCl2NS/c16-11(10-6-5-9(17)7-12(10)18)8-15-19-13-3-1-2-4-14(13)20-15/h1-7,11H,8H2. The van der Waals surface area contributed by atoms with E-state index in [1.807, 2.05) is 30.3 Å². The average molecular weight is 387 g/mol. The van der Waals surface area contributed by atoms with E-state index in [0.29, 0.717) is 10.0 Å². The molecule has 0 amide bonds. The highest BCUT2D eigenvalue weighted by Gasteiger charge is 2.15. The number of hydrogen-bond donors (Lipinski definition) is 0. The molecule has 0 saturated heterocycles. The Balaban J connectivity index is 1.86. The average Bonchev–Trinajstić information content (AvgIpc) is 2.80. The Morgan fingerprint density at radius 2 is 1.95 bits per heavy atom.